The molecule has 0 bridgehead atoms. The zero-order valence-electron chi connectivity index (χ0n) is 50.6. The molecule has 3 aliphatic rings. The first-order valence-corrected chi connectivity index (χ1v) is 29.5. The predicted molar refractivity (Wildman–Crippen MR) is 315 cm³/mol. The summed E-state index contributed by atoms with van der Waals surface area (Å²) in [6, 6.07) is 3.49. The van der Waals surface area contributed by atoms with E-state index >= 15 is 0 Å². The van der Waals surface area contributed by atoms with E-state index < -0.39 is 181 Å². The zero-order valence-corrected chi connectivity index (χ0v) is 50.6. The number of H-pyrrole nitrogens is 3. The lowest BCUT2D eigenvalue weighted by atomic mass is 10.0. The summed E-state index contributed by atoms with van der Waals surface area (Å²) < 4.78 is 36.7. The van der Waals surface area contributed by atoms with Crippen LogP contribution >= 0.6 is 0 Å². The van der Waals surface area contributed by atoms with Crippen LogP contribution in [0.1, 0.15) is 124 Å². The van der Waals surface area contributed by atoms with Crippen molar-refractivity contribution >= 4 is 53.4 Å². The zero-order chi connectivity index (χ0) is 67.6. The van der Waals surface area contributed by atoms with Crippen molar-refractivity contribution in [1.29, 1.82) is 0 Å². The van der Waals surface area contributed by atoms with Crippen LogP contribution in [-0.2, 0) is 57.2 Å². The summed E-state index contributed by atoms with van der Waals surface area (Å²) in [6.07, 6.45) is -7.53. The van der Waals surface area contributed by atoms with Gasteiger partial charge >= 0.3 is 35.0 Å². The summed E-state index contributed by atoms with van der Waals surface area (Å²) in [7, 11) is 0. The molecular formula is C57H72N12O24. The van der Waals surface area contributed by atoms with Gasteiger partial charge in [-0.2, -0.15) is 0 Å². The highest BCUT2D eigenvalue weighted by molar-refractivity contribution is 6.04. The second-order valence-corrected chi connectivity index (χ2v) is 21.8. The van der Waals surface area contributed by atoms with Gasteiger partial charge in [0.15, 0.2) is 0 Å². The molecule has 1 aromatic carbocycles. The van der Waals surface area contributed by atoms with Crippen LogP contribution in [0, 0.1) is 20.8 Å². The highest BCUT2D eigenvalue weighted by Crippen LogP contribution is 2.32. The molecule has 6 amide bonds. The molecule has 504 valence electrons. The number of hydrogen-bond acceptors (Lipinski definition) is 24. The Kier molecular flexibility index (Phi) is 25.1. The summed E-state index contributed by atoms with van der Waals surface area (Å²) in [5, 5.41) is 44.8. The minimum Gasteiger partial charge on any atom is -0.459 e. The lowest BCUT2D eigenvalue weighted by molar-refractivity contribution is -0.154. The highest BCUT2D eigenvalue weighted by Gasteiger charge is 2.42. The van der Waals surface area contributed by atoms with Crippen LogP contribution in [0.2, 0.25) is 0 Å². The van der Waals surface area contributed by atoms with Gasteiger partial charge in [0.1, 0.15) is 55.3 Å². The lowest BCUT2D eigenvalue weighted by Crippen LogP contribution is -2.37. The number of nitrogens with zero attached hydrogens (tertiary/aromatic N) is 3. The number of hydrogen-bond donors (Lipinski definition) is 12. The standard InChI is InChI=1S/C57H72N12O24/c1-28-22-67(55(85)64-49(28)79)43-19-34(37(25-70)88-43)91-46(76)7-4-40(73)58-10-13-61-52(82)31-16-32(53(83)62-14-11-59-41(74)5-8-47(77)92-35-20-44(89-38(35)26-71)68-23-29(2)50(80)65-56(68)86)18-33(17-31)54(84)63-15-12-60-42(75)6-9-48(78)93-36-21-45(90-39(36)27-72)69-24-30(3)51(81)66-57(69)87/h16-18,22-24,34-39,43-45,70-72H,4-15,19-21,25-27H2,1-3H3,(H,58,73)(H,59,74)(H,60,75)(H,61,82)(H,62,83)(H,63,84)(H,64,79,85)(H,65,80,86)(H,66,81,87)/t34?,35?,36?,37-,38-,39-,43-,44-,45-/m1/s1. The average molecular weight is 1310 g/mol. The first-order chi connectivity index (χ1) is 44.3. The van der Waals surface area contributed by atoms with Crippen molar-refractivity contribution in [1.82, 2.24) is 60.6 Å². The van der Waals surface area contributed by atoms with Crippen LogP contribution in [-0.4, -0.2) is 193 Å². The summed E-state index contributed by atoms with van der Waals surface area (Å²) >= 11 is 0. The van der Waals surface area contributed by atoms with Crippen LogP contribution in [0.5, 0.6) is 0 Å². The van der Waals surface area contributed by atoms with Gasteiger partial charge in [0.25, 0.3) is 34.4 Å². The van der Waals surface area contributed by atoms with Crippen molar-refractivity contribution in [3.63, 3.8) is 0 Å². The first-order valence-electron chi connectivity index (χ1n) is 29.5. The molecule has 0 radical (unpaired) electrons. The molecule has 36 nitrogen and oxygen atoms in total. The normalized spacial score (nSPS) is 20.6. The Morgan fingerprint density at radius 2 is 0.667 bits per heavy atom. The largest absolute Gasteiger partial charge is 0.459 e. The molecule has 0 aliphatic carbocycles. The molecule has 3 aromatic heterocycles. The van der Waals surface area contributed by atoms with E-state index in [1.54, 1.807) is 0 Å². The average Bonchev–Trinajstić information content (AvgIpc) is 1.77. The van der Waals surface area contributed by atoms with E-state index in [2.05, 4.69) is 46.9 Å². The minimum atomic E-state index is -1.01. The van der Waals surface area contributed by atoms with E-state index in [1.807, 2.05) is 0 Å². The monoisotopic (exact) mass is 1310 g/mol. The van der Waals surface area contributed by atoms with Crippen molar-refractivity contribution in [2.24, 2.45) is 0 Å². The molecule has 6 heterocycles. The van der Waals surface area contributed by atoms with Crippen LogP contribution in [0.15, 0.2) is 65.6 Å². The van der Waals surface area contributed by atoms with Crippen molar-refractivity contribution < 1.29 is 86.9 Å². The third-order valence-electron chi connectivity index (χ3n) is 14.9. The van der Waals surface area contributed by atoms with Crippen molar-refractivity contribution in [2.45, 2.75) is 134 Å². The number of amides is 6. The number of nitrogens with one attached hydrogen (secondary N) is 9. The number of aliphatic hydroxyl groups is 3. The molecule has 3 saturated heterocycles. The fourth-order valence-corrected chi connectivity index (χ4v) is 9.93. The number of aromatic amines is 3. The van der Waals surface area contributed by atoms with Gasteiger partial charge in [0.05, 0.1) is 39.1 Å². The molecular weight excluding hydrogens is 1240 g/mol. The number of ether oxygens (including phenoxy) is 6. The van der Waals surface area contributed by atoms with E-state index in [-0.39, 0.29) is 111 Å². The van der Waals surface area contributed by atoms with Crippen molar-refractivity contribution in [3.05, 3.63) is 133 Å². The van der Waals surface area contributed by atoms with Crippen LogP contribution in [0.4, 0.5) is 0 Å². The van der Waals surface area contributed by atoms with Gasteiger partial charge < -0.3 is 75.6 Å². The number of rotatable bonds is 30. The number of benzene rings is 1. The van der Waals surface area contributed by atoms with Crippen LogP contribution in [0.3, 0.4) is 0 Å². The summed E-state index contributed by atoms with van der Waals surface area (Å²) in [6.45, 7) is 1.67. The molecule has 4 aromatic rings. The SMILES string of the molecule is Cc1cn([C@H]2CC(OC(=O)CCC(=O)NCCNC(=O)c3cc(C(=O)NCCNC(=O)CCC(=O)OC4C[C@H](n5cc(C)c(=O)[nH]c5=O)O[C@@H]4CO)cc(C(=O)NCCNC(=O)CCC(=O)OC4C[C@H](n5cc(C)c(=O)[nH]c5=O)O[C@@H]4CO)c3)[C@@H](CO)O2)c(=O)[nH]c1=O. The number of aromatic nitrogens is 6. The Labute approximate surface area is 525 Å². The van der Waals surface area contributed by atoms with Crippen molar-refractivity contribution in [3.8, 4) is 0 Å². The van der Waals surface area contributed by atoms with E-state index in [1.165, 1.54) is 39.4 Å². The second kappa shape index (κ2) is 33.0. The summed E-state index contributed by atoms with van der Waals surface area (Å²) in [5.41, 5.74) is -4.03. The lowest BCUT2D eigenvalue weighted by Gasteiger charge is -2.16. The summed E-state index contributed by atoms with van der Waals surface area (Å²) in [4.78, 5) is 196. The maximum absolute atomic E-state index is 13.5. The summed E-state index contributed by atoms with van der Waals surface area (Å²) in [5.74, 6) is -6.72. The minimum absolute atomic E-state index is 0.0458. The molecule has 9 atom stereocenters. The maximum atomic E-state index is 13.5. The molecule has 36 heteroatoms. The second-order valence-electron chi connectivity index (χ2n) is 21.8. The van der Waals surface area contributed by atoms with Gasteiger partial charge in [0.2, 0.25) is 17.7 Å². The Morgan fingerprint density at radius 3 is 0.914 bits per heavy atom. The van der Waals surface area contributed by atoms with E-state index in [0.29, 0.717) is 0 Å². The fourth-order valence-electron chi connectivity index (χ4n) is 9.93. The first kappa shape index (κ1) is 70.7. The molecule has 0 spiro atoms. The quantitative estimate of drug-likeness (QED) is 0.0132. The molecule has 93 heavy (non-hydrogen) atoms. The van der Waals surface area contributed by atoms with Gasteiger partial charge in [-0.25, -0.2) is 14.4 Å². The van der Waals surface area contributed by atoms with Gasteiger partial charge in [-0.1, -0.05) is 0 Å². The Bertz CT molecular complexity index is 3420. The molecule has 3 aliphatic heterocycles. The van der Waals surface area contributed by atoms with Gasteiger partial charge in [-0.05, 0) is 39.0 Å². The number of aliphatic hydroxyl groups excluding tert-OH is 3. The van der Waals surface area contributed by atoms with Gasteiger partial charge in [-0.15, -0.1) is 0 Å². The Hall–Kier alpha value is -9.75. The molecule has 0 saturated carbocycles. The topological polar surface area (TPSA) is 506 Å². The Morgan fingerprint density at radius 1 is 0.419 bits per heavy atom. The number of carbonyl (C=O) groups excluding carboxylic acids is 9. The molecule has 7 rings (SSSR count). The smallest absolute Gasteiger partial charge is 0.330 e. The molecule has 3 fully saturated rings. The number of carbonyl (C=O) groups is 9. The number of esters is 3. The van der Waals surface area contributed by atoms with Gasteiger partial charge in [0, 0.05) is 130 Å². The number of aryl methyl sites for hydroxylation is 3. The third kappa shape index (κ3) is 19.6. The fraction of sp³-hybridized carbons (Fsp3) is 0.526. The molecule has 12 N–H and O–H groups in total. The van der Waals surface area contributed by atoms with Gasteiger partial charge in [-0.3, -0.25) is 86.2 Å². The molecule has 3 unspecified atom stereocenters. The van der Waals surface area contributed by atoms with Crippen molar-refractivity contribution in [2.75, 3.05) is 59.1 Å². The van der Waals surface area contributed by atoms with Crippen LogP contribution in [0.25, 0.3) is 0 Å². The Balaban J connectivity index is 0.874. The van der Waals surface area contributed by atoms with E-state index in [4.69, 9.17) is 28.4 Å². The van der Waals surface area contributed by atoms with Crippen LogP contribution < -0.4 is 65.6 Å². The maximum Gasteiger partial charge on any atom is 0.330 e. The van der Waals surface area contributed by atoms with E-state index in [9.17, 15) is 87.2 Å². The van der Waals surface area contributed by atoms with E-state index in [0.717, 1.165) is 31.9 Å². The third-order valence-corrected chi connectivity index (χ3v) is 14.9. The predicted octanol–water partition coefficient (Wildman–Crippen LogP) is -5.28. The highest BCUT2D eigenvalue weighted by atomic mass is 16.6.